The Morgan fingerprint density at radius 3 is 2.50 bits per heavy atom. The highest BCUT2D eigenvalue weighted by Gasteiger charge is 2.37. The number of halogens is 1. The highest BCUT2D eigenvalue weighted by Crippen LogP contribution is 2.23. The molecule has 146 valence electrons. The van der Waals surface area contributed by atoms with Gasteiger partial charge in [0.05, 0.1) is 5.92 Å². The third kappa shape index (κ3) is 3.98. The van der Waals surface area contributed by atoms with Crippen LogP contribution < -0.4 is 4.90 Å². The summed E-state index contributed by atoms with van der Waals surface area (Å²) in [6.45, 7) is 3.59. The summed E-state index contributed by atoms with van der Waals surface area (Å²) in [6, 6.07) is 11.9. The van der Waals surface area contributed by atoms with Crippen LogP contribution in [0, 0.1) is 11.7 Å². The van der Waals surface area contributed by atoms with Gasteiger partial charge in [0.25, 0.3) is 0 Å². The smallest absolute Gasteiger partial charge is 0.228 e. The molecule has 1 aromatic heterocycles. The number of pyridine rings is 1. The van der Waals surface area contributed by atoms with Gasteiger partial charge in [0.2, 0.25) is 11.8 Å². The quantitative estimate of drug-likeness (QED) is 0.811. The minimum Gasteiger partial charge on any atom is -0.353 e. The van der Waals surface area contributed by atoms with E-state index in [1.807, 2.05) is 23.1 Å². The molecule has 0 saturated carbocycles. The lowest BCUT2D eigenvalue weighted by molar-refractivity contribution is -0.136. The summed E-state index contributed by atoms with van der Waals surface area (Å²) in [5, 5.41) is 0. The summed E-state index contributed by atoms with van der Waals surface area (Å²) >= 11 is 0. The van der Waals surface area contributed by atoms with E-state index in [4.69, 9.17) is 0 Å². The lowest BCUT2D eigenvalue weighted by Gasteiger charge is -2.36. The fraction of sp³-hybridized carbons (Fsp3) is 0.381. The predicted molar refractivity (Wildman–Crippen MR) is 103 cm³/mol. The highest BCUT2D eigenvalue weighted by atomic mass is 19.1. The van der Waals surface area contributed by atoms with Crippen LogP contribution in [0.15, 0.2) is 48.7 Å². The average Bonchev–Trinajstić information content (AvgIpc) is 3.10. The molecule has 2 aliphatic rings. The predicted octanol–water partition coefficient (Wildman–Crippen LogP) is 1.92. The van der Waals surface area contributed by atoms with Crippen molar-refractivity contribution in [1.82, 2.24) is 14.8 Å². The van der Waals surface area contributed by atoms with E-state index in [0.29, 0.717) is 26.2 Å². The molecule has 1 atom stereocenters. The van der Waals surface area contributed by atoms with Crippen molar-refractivity contribution in [2.45, 2.75) is 13.0 Å². The van der Waals surface area contributed by atoms with Crippen LogP contribution in [-0.4, -0.2) is 59.3 Å². The van der Waals surface area contributed by atoms with Crippen LogP contribution in [0.2, 0.25) is 0 Å². The maximum absolute atomic E-state index is 13.0. The normalized spacial score (nSPS) is 20.0. The van der Waals surface area contributed by atoms with Gasteiger partial charge < -0.3 is 14.7 Å². The molecule has 0 spiro atoms. The van der Waals surface area contributed by atoms with Crippen LogP contribution in [-0.2, 0) is 16.1 Å². The molecule has 28 heavy (non-hydrogen) atoms. The molecular weight excluding hydrogens is 359 g/mol. The van der Waals surface area contributed by atoms with Gasteiger partial charge in [0, 0.05) is 51.9 Å². The van der Waals surface area contributed by atoms with E-state index in [2.05, 4.69) is 9.88 Å². The Hall–Kier alpha value is -2.96. The Morgan fingerprint density at radius 1 is 1.07 bits per heavy atom. The molecule has 0 radical (unpaired) electrons. The van der Waals surface area contributed by atoms with Crippen LogP contribution in [0.4, 0.5) is 10.2 Å². The highest BCUT2D eigenvalue weighted by molar-refractivity contribution is 5.89. The zero-order chi connectivity index (χ0) is 19.5. The Balaban J connectivity index is 1.32. The fourth-order valence-electron chi connectivity index (χ4n) is 3.86. The van der Waals surface area contributed by atoms with Gasteiger partial charge in [-0.25, -0.2) is 9.37 Å². The molecule has 1 aromatic carbocycles. The van der Waals surface area contributed by atoms with E-state index in [9.17, 15) is 14.0 Å². The number of hydrogen-bond acceptors (Lipinski definition) is 4. The van der Waals surface area contributed by atoms with Crippen molar-refractivity contribution in [3.05, 3.63) is 60.0 Å². The van der Waals surface area contributed by atoms with Crippen molar-refractivity contribution in [2.24, 2.45) is 5.92 Å². The van der Waals surface area contributed by atoms with E-state index in [1.165, 1.54) is 12.1 Å². The zero-order valence-corrected chi connectivity index (χ0v) is 15.6. The number of carbonyl (C=O) groups is 2. The van der Waals surface area contributed by atoms with Gasteiger partial charge in [-0.2, -0.15) is 0 Å². The maximum atomic E-state index is 13.0. The van der Waals surface area contributed by atoms with Gasteiger partial charge in [0.1, 0.15) is 11.6 Å². The summed E-state index contributed by atoms with van der Waals surface area (Å²) in [6.07, 6.45) is 2.02. The molecule has 2 amide bonds. The minimum atomic E-state index is -0.297. The number of aromatic nitrogens is 1. The first-order valence-electron chi connectivity index (χ1n) is 9.57. The molecule has 2 fully saturated rings. The Labute approximate surface area is 163 Å². The first-order chi connectivity index (χ1) is 13.6. The molecule has 2 saturated heterocycles. The lowest BCUT2D eigenvalue weighted by Crippen LogP contribution is -2.50. The molecule has 3 heterocycles. The van der Waals surface area contributed by atoms with Crippen molar-refractivity contribution in [2.75, 3.05) is 37.6 Å². The van der Waals surface area contributed by atoms with Crippen LogP contribution in [0.25, 0.3) is 0 Å². The van der Waals surface area contributed by atoms with Crippen molar-refractivity contribution in [1.29, 1.82) is 0 Å². The number of hydrogen-bond donors (Lipinski definition) is 0. The SMILES string of the molecule is O=C1CC(C(=O)N2CCN(c3ccccn3)CC2)CN1Cc1ccc(F)cc1. The number of piperazine rings is 1. The van der Waals surface area contributed by atoms with Gasteiger partial charge in [0.15, 0.2) is 0 Å². The fourth-order valence-corrected chi connectivity index (χ4v) is 3.86. The second-order valence-corrected chi connectivity index (χ2v) is 7.30. The molecular formula is C21H23FN4O2. The van der Waals surface area contributed by atoms with E-state index in [0.717, 1.165) is 24.5 Å². The zero-order valence-electron chi connectivity index (χ0n) is 15.6. The van der Waals surface area contributed by atoms with Gasteiger partial charge in [-0.15, -0.1) is 0 Å². The monoisotopic (exact) mass is 382 g/mol. The van der Waals surface area contributed by atoms with Crippen molar-refractivity contribution >= 4 is 17.6 Å². The molecule has 2 aliphatic heterocycles. The van der Waals surface area contributed by atoms with E-state index in [-0.39, 0.29) is 30.0 Å². The van der Waals surface area contributed by atoms with E-state index in [1.54, 1.807) is 23.2 Å². The van der Waals surface area contributed by atoms with Crippen molar-refractivity contribution in [3.8, 4) is 0 Å². The maximum Gasteiger partial charge on any atom is 0.228 e. The van der Waals surface area contributed by atoms with Crippen LogP contribution in [0.1, 0.15) is 12.0 Å². The Kier molecular flexibility index (Phi) is 5.23. The van der Waals surface area contributed by atoms with Gasteiger partial charge in [-0.3, -0.25) is 9.59 Å². The Bertz CT molecular complexity index is 835. The topological polar surface area (TPSA) is 56.8 Å². The van der Waals surface area contributed by atoms with Crippen molar-refractivity contribution < 1.29 is 14.0 Å². The molecule has 6 nitrogen and oxygen atoms in total. The summed E-state index contributed by atoms with van der Waals surface area (Å²) in [5.74, 6) is 0.366. The van der Waals surface area contributed by atoms with Gasteiger partial charge in [-0.1, -0.05) is 18.2 Å². The number of anilines is 1. The van der Waals surface area contributed by atoms with Gasteiger partial charge in [-0.05, 0) is 29.8 Å². The van der Waals surface area contributed by atoms with Gasteiger partial charge >= 0.3 is 0 Å². The standard InChI is InChI=1S/C21H23FN4O2/c22-18-6-4-16(5-7-18)14-26-15-17(13-20(26)27)21(28)25-11-9-24(10-12-25)19-3-1-2-8-23-19/h1-8,17H,9-15H2. The number of benzene rings is 1. The summed E-state index contributed by atoms with van der Waals surface area (Å²) in [7, 11) is 0. The van der Waals surface area contributed by atoms with Crippen LogP contribution >= 0.6 is 0 Å². The Morgan fingerprint density at radius 2 is 1.82 bits per heavy atom. The van der Waals surface area contributed by atoms with E-state index < -0.39 is 0 Å². The summed E-state index contributed by atoms with van der Waals surface area (Å²) < 4.78 is 13.0. The molecule has 0 bridgehead atoms. The van der Waals surface area contributed by atoms with Crippen molar-refractivity contribution in [3.63, 3.8) is 0 Å². The molecule has 4 rings (SSSR count). The summed E-state index contributed by atoms with van der Waals surface area (Å²) in [5.41, 5.74) is 0.867. The summed E-state index contributed by atoms with van der Waals surface area (Å²) in [4.78, 5) is 35.3. The second kappa shape index (κ2) is 7.96. The number of amides is 2. The number of rotatable bonds is 4. The largest absolute Gasteiger partial charge is 0.353 e. The van der Waals surface area contributed by atoms with Crippen LogP contribution in [0.3, 0.4) is 0 Å². The molecule has 0 aliphatic carbocycles. The number of carbonyl (C=O) groups excluding carboxylic acids is 2. The third-order valence-electron chi connectivity index (χ3n) is 5.42. The first-order valence-corrected chi connectivity index (χ1v) is 9.57. The molecule has 2 aromatic rings. The molecule has 7 heteroatoms. The molecule has 1 unspecified atom stereocenters. The second-order valence-electron chi connectivity index (χ2n) is 7.30. The molecule has 0 N–H and O–H groups in total. The third-order valence-corrected chi connectivity index (χ3v) is 5.42. The number of nitrogens with zero attached hydrogens (tertiary/aromatic N) is 4. The lowest BCUT2D eigenvalue weighted by atomic mass is 10.1. The minimum absolute atomic E-state index is 0.0187. The van der Waals surface area contributed by atoms with E-state index >= 15 is 0 Å². The number of likely N-dealkylation sites (tertiary alicyclic amines) is 1. The van der Waals surface area contributed by atoms with Crippen LogP contribution in [0.5, 0.6) is 0 Å². The average molecular weight is 382 g/mol. The first kappa shape index (κ1) is 18.4.